The van der Waals surface area contributed by atoms with E-state index in [4.69, 9.17) is 34.8 Å². The molecule has 0 saturated heterocycles. The average molecular weight is 216 g/mol. The summed E-state index contributed by atoms with van der Waals surface area (Å²) in [6.45, 7) is 6.32. The normalized spacial score (nSPS) is 41.2. The van der Waals surface area contributed by atoms with E-state index in [9.17, 15) is 0 Å². The summed E-state index contributed by atoms with van der Waals surface area (Å²) in [6.07, 6.45) is 0.950. The molecule has 1 fully saturated rings. The lowest BCUT2D eigenvalue weighted by Gasteiger charge is -2.19. The van der Waals surface area contributed by atoms with Crippen molar-refractivity contribution in [2.45, 2.75) is 36.9 Å². The van der Waals surface area contributed by atoms with Crippen LogP contribution in [0.1, 0.15) is 27.2 Å². The van der Waals surface area contributed by atoms with Crippen LogP contribution in [-0.4, -0.2) is 9.71 Å². The third kappa shape index (κ3) is 1.03. The summed E-state index contributed by atoms with van der Waals surface area (Å²) in [5.74, 6) is 0.449. The van der Waals surface area contributed by atoms with Crippen molar-refractivity contribution in [3.8, 4) is 0 Å². The largest absolute Gasteiger partial charge is 0.142 e. The number of halogens is 3. The summed E-state index contributed by atoms with van der Waals surface area (Å²) >= 11 is 18.1. The first-order valence-electron chi connectivity index (χ1n) is 3.93. The van der Waals surface area contributed by atoms with Crippen LogP contribution in [0.3, 0.4) is 0 Å². The standard InChI is InChI=1S/C8H13Cl3/c1-4-7(5(2)3)6(9)8(7,10)11/h5-6H,4H2,1-3H3. The maximum Gasteiger partial charge on any atom is 0.142 e. The van der Waals surface area contributed by atoms with E-state index < -0.39 is 4.33 Å². The molecule has 0 spiro atoms. The first kappa shape index (κ1) is 9.95. The van der Waals surface area contributed by atoms with E-state index in [0.717, 1.165) is 6.42 Å². The van der Waals surface area contributed by atoms with Gasteiger partial charge in [-0.05, 0) is 12.3 Å². The minimum Gasteiger partial charge on any atom is -0.119 e. The Hall–Kier alpha value is 0.870. The molecule has 2 unspecified atom stereocenters. The van der Waals surface area contributed by atoms with Crippen LogP contribution in [0, 0.1) is 11.3 Å². The Bertz CT molecular complexity index is 165. The van der Waals surface area contributed by atoms with Gasteiger partial charge in [-0.1, -0.05) is 44.0 Å². The van der Waals surface area contributed by atoms with Crippen LogP contribution in [0.25, 0.3) is 0 Å². The van der Waals surface area contributed by atoms with E-state index in [0.29, 0.717) is 5.92 Å². The van der Waals surface area contributed by atoms with Gasteiger partial charge in [-0.15, -0.1) is 11.6 Å². The number of alkyl halides is 3. The fraction of sp³-hybridized carbons (Fsp3) is 1.00. The second-order valence-corrected chi connectivity index (χ2v) is 5.36. The third-order valence-electron chi connectivity index (χ3n) is 2.92. The summed E-state index contributed by atoms with van der Waals surface area (Å²) in [4.78, 5) is 0. The highest BCUT2D eigenvalue weighted by Crippen LogP contribution is 2.72. The van der Waals surface area contributed by atoms with Gasteiger partial charge >= 0.3 is 0 Å². The lowest BCUT2D eigenvalue weighted by molar-refractivity contribution is 0.344. The molecule has 66 valence electrons. The molecule has 1 aliphatic rings. The van der Waals surface area contributed by atoms with Gasteiger partial charge in [-0.25, -0.2) is 0 Å². The zero-order chi connectivity index (χ0) is 8.86. The molecule has 0 bridgehead atoms. The number of rotatable bonds is 2. The van der Waals surface area contributed by atoms with Gasteiger partial charge in [0.15, 0.2) is 0 Å². The van der Waals surface area contributed by atoms with E-state index in [1.165, 1.54) is 0 Å². The maximum atomic E-state index is 6.04. The van der Waals surface area contributed by atoms with Crippen LogP contribution >= 0.6 is 34.8 Å². The van der Waals surface area contributed by atoms with Crippen LogP contribution in [0.5, 0.6) is 0 Å². The summed E-state index contributed by atoms with van der Waals surface area (Å²) in [5.41, 5.74) is -0.0579. The van der Waals surface area contributed by atoms with Crippen molar-refractivity contribution >= 4 is 34.8 Å². The molecule has 2 atom stereocenters. The molecule has 0 N–H and O–H groups in total. The highest BCUT2D eigenvalue weighted by atomic mass is 35.5. The van der Waals surface area contributed by atoms with Gasteiger partial charge in [0.2, 0.25) is 0 Å². The van der Waals surface area contributed by atoms with Crippen molar-refractivity contribution in [3.05, 3.63) is 0 Å². The molecule has 0 amide bonds. The molecule has 3 heteroatoms. The maximum absolute atomic E-state index is 6.04. The van der Waals surface area contributed by atoms with Crippen molar-refractivity contribution in [1.29, 1.82) is 0 Å². The van der Waals surface area contributed by atoms with Crippen LogP contribution < -0.4 is 0 Å². The van der Waals surface area contributed by atoms with Gasteiger partial charge in [0.05, 0.1) is 5.38 Å². The first-order chi connectivity index (χ1) is 4.91. The van der Waals surface area contributed by atoms with Crippen molar-refractivity contribution in [2.75, 3.05) is 0 Å². The molecule has 0 radical (unpaired) electrons. The van der Waals surface area contributed by atoms with Crippen molar-refractivity contribution in [3.63, 3.8) is 0 Å². The summed E-state index contributed by atoms with van der Waals surface area (Å²) in [7, 11) is 0. The minimum absolute atomic E-state index is 0.0579. The Labute approximate surface area is 83.2 Å². The molecule has 1 saturated carbocycles. The topological polar surface area (TPSA) is 0 Å². The van der Waals surface area contributed by atoms with Crippen LogP contribution in [-0.2, 0) is 0 Å². The third-order valence-corrected chi connectivity index (χ3v) is 5.00. The highest BCUT2D eigenvalue weighted by Gasteiger charge is 2.75. The highest BCUT2D eigenvalue weighted by molar-refractivity contribution is 6.57. The summed E-state index contributed by atoms with van der Waals surface area (Å²) in [6, 6.07) is 0. The Morgan fingerprint density at radius 2 is 1.73 bits per heavy atom. The zero-order valence-electron chi connectivity index (χ0n) is 7.00. The quantitative estimate of drug-likeness (QED) is 0.614. The van der Waals surface area contributed by atoms with Gasteiger partial charge in [0.1, 0.15) is 4.33 Å². The molecule has 0 nitrogen and oxygen atoms in total. The molecule has 1 aliphatic carbocycles. The van der Waals surface area contributed by atoms with Crippen molar-refractivity contribution in [2.24, 2.45) is 11.3 Å². The minimum atomic E-state index is -0.697. The molecule has 0 aliphatic heterocycles. The molecule has 0 aromatic carbocycles. The Kier molecular flexibility index (Phi) is 2.43. The molecule has 0 aromatic heterocycles. The van der Waals surface area contributed by atoms with Gasteiger partial charge in [-0.2, -0.15) is 0 Å². The second-order valence-electron chi connectivity index (χ2n) is 3.53. The molecule has 11 heavy (non-hydrogen) atoms. The summed E-state index contributed by atoms with van der Waals surface area (Å²) in [5, 5.41) is -0.0802. The smallest absolute Gasteiger partial charge is 0.119 e. The van der Waals surface area contributed by atoms with E-state index in [1.54, 1.807) is 0 Å². The molecule has 0 aromatic rings. The number of hydrogen-bond acceptors (Lipinski definition) is 0. The van der Waals surface area contributed by atoms with Gasteiger partial charge in [-0.3, -0.25) is 0 Å². The van der Waals surface area contributed by atoms with Crippen molar-refractivity contribution < 1.29 is 0 Å². The van der Waals surface area contributed by atoms with E-state index in [-0.39, 0.29) is 10.8 Å². The molecule has 0 heterocycles. The summed E-state index contributed by atoms with van der Waals surface area (Å²) < 4.78 is -0.697. The number of hydrogen-bond donors (Lipinski definition) is 0. The van der Waals surface area contributed by atoms with Gasteiger partial charge < -0.3 is 0 Å². The predicted molar refractivity (Wildman–Crippen MR) is 51.6 cm³/mol. The Morgan fingerprint density at radius 1 is 1.36 bits per heavy atom. The fourth-order valence-electron chi connectivity index (χ4n) is 1.93. The van der Waals surface area contributed by atoms with Gasteiger partial charge in [0, 0.05) is 5.41 Å². The monoisotopic (exact) mass is 214 g/mol. The first-order valence-corrected chi connectivity index (χ1v) is 5.12. The predicted octanol–water partition coefficient (Wildman–Crippen LogP) is 3.83. The Morgan fingerprint density at radius 3 is 1.73 bits per heavy atom. The molecular formula is C8H13Cl3. The van der Waals surface area contributed by atoms with Gasteiger partial charge in [0.25, 0.3) is 0 Å². The Balaban J connectivity index is 2.84. The molecule has 1 rings (SSSR count). The average Bonchev–Trinajstić information content (AvgIpc) is 2.30. The lowest BCUT2D eigenvalue weighted by Crippen LogP contribution is -2.16. The van der Waals surface area contributed by atoms with E-state index in [2.05, 4.69) is 20.8 Å². The molecular weight excluding hydrogens is 202 g/mol. The van der Waals surface area contributed by atoms with Crippen LogP contribution in [0.4, 0.5) is 0 Å². The SMILES string of the molecule is CCC1(C(C)C)C(Cl)C1(Cl)Cl. The zero-order valence-corrected chi connectivity index (χ0v) is 9.26. The van der Waals surface area contributed by atoms with Crippen molar-refractivity contribution in [1.82, 2.24) is 0 Å². The van der Waals surface area contributed by atoms with Crippen LogP contribution in [0.2, 0.25) is 0 Å². The van der Waals surface area contributed by atoms with E-state index in [1.807, 2.05) is 0 Å². The van der Waals surface area contributed by atoms with Crippen LogP contribution in [0.15, 0.2) is 0 Å². The lowest BCUT2D eigenvalue weighted by atomic mass is 9.90. The fourth-order valence-corrected chi connectivity index (χ4v) is 3.96. The second kappa shape index (κ2) is 2.68. The van der Waals surface area contributed by atoms with E-state index >= 15 is 0 Å².